The summed E-state index contributed by atoms with van der Waals surface area (Å²) in [6.07, 6.45) is 8.78. The summed E-state index contributed by atoms with van der Waals surface area (Å²) in [6.45, 7) is 4.74. The van der Waals surface area contributed by atoms with Crippen LogP contribution in [-0.4, -0.2) is 38.9 Å². The Kier molecular flexibility index (Phi) is 5.07. The second-order valence-electron chi connectivity index (χ2n) is 9.55. The molecule has 0 aliphatic heterocycles. The number of fused-ring (bicyclic) bond motifs is 1. The zero-order valence-electron chi connectivity index (χ0n) is 15.4. The maximum absolute atomic E-state index is 10.4. The summed E-state index contributed by atoms with van der Waals surface area (Å²) < 4.78 is 0. The van der Waals surface area contributed by atoms with Crippen molar-refractivity contribution in [3.63, 3.8) is 0 Å². The standard InChI is InChI=1S/C20H36O4/c1-14(4-5-15(22)12-19(13-21)10-11-19)16-6-7-17-18(16,2)8-3-9-20(17,23)24/h14-17,21-24H,3-13H2,1-2H3/t14?,15?,16-,17?,18-/m1/s1. The SMILES string of the molecule is CC(CCC(O)CC1(CO)CC1)[C@H]1CCC2C(O)(O)CCC[C@@]21C. The molecule has 4 heteroatoms. The summed E-state index contributed by atoms with van der Waals surface area (Å²) >= 11 is 0. The summed E-state index contributed by atoms with van der Waals surface area (Å²) in [5.74, 6) is -0.477. The molecule has 140 valence electrons. The van der Waals surface area contributed by atoms with Crippen molar-refractivity contribution in [2.24, 2.45) is 28.6 Å². The average Bonchev–Trinajstić information content (AvgIpc) is 3.18. The normalized spacial score (nSPS) is 39.2. The molecule has 0 aromatic rings. The highest BCUT2D eigenvalue weighted by atomic mass is 16.5. The van der Waals surface area contributed by atoms with Gasteiger partial charge in [-0.1, -0.05) is 13.8 Å². The van der Waals surface area contributed by atoms with E-state index in [1.165, 1.54) is 0 Å². The minimum absolute atomic E-state index is 0.000228. The van der Waals surface area contributed by atoms with Gasteiger partial charge in [0.05, 0.1) is 6.10 Å². The molecule has 0 radical (unpaired) electrons. The summed E-state index contributed by atoms with van der Waals surface area (Å²) in [4.78, 5) is 0. The third-order valence-corrected chi connectivity index (χ3v) is 7.83. The predicted octanol–water partition coefficient (Wildman–Crippen LogP) is 2.82. The van der Waals surface area contributed by atoms with Gasteiger partial charge in [-0.05, 0) is 80.5 Å². The van der Waals surface area contributed by atoms with E-state index in [0.717, 1.165) is 57.8 Å². The fraction of sp³-hybridized carbons (Fsp3) is 1.00. The van der Waals surface area contributed by atoms with Gasteiger partial charge < -0.3 is 20.4 Å². The molecule has 0 aromatic carbocycles. The minimum atomic E-state index is -1.49. The first-order valence-electron chi connectivity index (χ1n) is 9.96. The molecular formula is C20H36O4. The van der Waals surface area contributed by atoms with Crippen molar-refractivity contribution in [2.75, 3.05) is 6.61 Å². The highest BCUT2D eigenvalue weighted by Crippen LogP contribution is 2.60. The van der Waals surface area contributed by atoms with Crippen LogP contribution in [0.1, 0.15) is 78.1 Å². The molecule has 5 atom stereocenters. The Bertz CT molecular complexity index is 445. The smallest absolute Gasteiger partial charge is 0.165 e. The Balaban J connectivity index is 1.54. The third-order valence-electron chi connectivity index (χ3n) is 7.83. The van der Waals surface area contributed by atoms with Gasteiger partial charge in [0.25, 0.3) is 0 Å². The second kappa shape index (κ2) is 6.53. The van der Waals surface area contributed by atoms with Gasteiger partial charge in [-0.3, -0.25) is 0 Å². The van der Waals surface area contributed by atoms with Gasteiger partial charge in [0.1, 0.15) is 0 Å². The first-order valence-corrected chi connectivity index (χ1v) is 9.96. The highest BCUT2D eigenvalue weighted by molar-refractivity contribution is 5.04. The fourth-order valence-corrected chi connectivity index (χ4v) is 6.08. The van der Waals surface area contributed by atoms with E-state index in [4.69, 9.17) is 0 Å². The molecule has 0 heterocycles. The van der Waals surface area contributed by atoms with E-state index in [1.807, 2.05) is 0 Å². The monoisotopic (exact) mass is 340 g/mol. The van der Waals surface area contributed by atoms with Crippen LogP contribution < -0.4 is 0 Å². The van der Waals surface area contributed by atoms with Gasteiger partial charge in [0, 0.05) is 18.9 Å². The quantitative estimate of drug-likeness (QED) is 0.537. The van der Waals surface area contributed by atoms with Gasteiger partial charge in [-0.15, -0.1) is 0 Å². The first-order chi connectivity index (χ1) is 11.2. The Morgan fingerprint density at radius 2 is 1.75 bits per heavy atom. The number of hydrogen-bond donors (Lipinski definition) is 4. The van der Waals surface area contributed by atoms with E-state index in [-0.39, 0.29) is 29.5 Å². The van der Waals surface area contributed by atoms with Crippen LogP contribution in [0, 0.1) is 28.6 Å². The van der Waals surface area contributed by atoms with E-state index in [2.05, 4.69) is 13.8 Å². The third kappa shape index (κ3) is 3.40. The molecule has 4 nitrogen and oxygen atoms in total. The molecule has 4 N–H and O–H groups in total. The molecule has 0 amide bonds. The van der Waals surface area contributed by atoms with Crippen LogP contribution in [-0.2, 0) is 0 Å². The average molecular weight is 341 g/mol. The maximum Gasteiger partial charge on any atom is 0.165 e. The van der Waals surface area contributed by atoms with Crippen molar-refractivity contribution < 1.29 is 20.4 Å². The van der Waals surface area contributed by atoms with Crippen LogP contribution in [0.4, 0.5) is 0 Å². The van der Waals surface area contributed by atoms with Crippen LogP contribution >= 0.6 is 0 Å². The van der Waals surface area contributed by atoms with Crippen LogP contribution in [0.15, 0.2) is 0 Å². The lowest BCUT2D eigenvalue weighted by Crippen LogP contribution is -2.50. The highest BCUT2D eigenvalue weighted by Gasteiger charge is 2.57. The lowest BCUT2D eigenvalue weighted by atomic mass is 9.60. The topological polar surface area (TPSA) is 80.9 Å². The van der Waals surface area contributed by atoms with Gasteiger partial charge in [-0.25, -0.2) is 0 Å². The van der Waals surface area contributed by atoms with E-state index in [9.17, 15) is 20.4 Å². The van der Waals surface area contributed by atoms with Crippen LogP contribution in [0.2, 0.25) is 0 Å². The van der Waals surface area contributed by atoms with Crippen LogP contribution in [0.25, 0.3) is 0 Å². The van der Waals surface area contributed by atoms with Crippen LogP contribution in [0.3, 0.4) is 0 Å². The van der Waals surface area contributed by atoms with E-state index < -0.39 is 5.79 Å². The molecule has 0 spiro atoms. The molecule has 3 aliphatic rings. The molecule has 3 aliphatic carbocycles. The van der Waals surface area contributed by atoms with Crippen LogP contribution in [0.5, 0.6) is 0 Å². The Morgan fingerprint density at radius 1 is 1.04 bits per heavy atom. The molecule has 0 bridgehead atoms. The lowest BCUT2D eigenvalue weighted by molar-refractivity contribution is -0.245. The largest absolute Gasteiger partial charge is 0.396 e. The van der Waals surface area contributed by atoms with Crippen molar-refractivity contribution in [2.45, 2.75) is 89.9 Å². The number of aliphatic hydroxyl groups is 4. The summed E-state index contributed by atoms with van der Waals surface area (Å²) in [5, 5.41) is 40.5. The van der Waals surface area contributed by atoms with Gasteiger partial charge in [0.2, 0.25) is 0 Å². The predicted molar refractivity (Wildman–Crippen MR) is 93.1 cm³/mol. The summed E-state index contributed by atoms with van der Waals surface area (Å²) in [5.41, 5.74) is 0.0404. The first kappa shape index (κ1) is 18.6. The number of hydrogen-bond acceptors (Lipinski definition) is 4. The molecule has 0 aromatic heterocycles. The van der Waals surface area contributed by atoms with Gasteiger partial charge in [-0.2, -0.15) is 0 Å². The Labute approximate surface area is 146 Å². The van der Waals surface area contributed by atoms with Crippen molar-refractivity contribution in [1.29, 1.82) is 0 Å². The molecule has 3 fully saturated rings. The van der Waals surface area contributed by atoms with Gasteiger partial charge in [0.15, 0.2) is 5.79 Å². The van der Waals surface area contributed by atoms with E-state index in [1.54, 1.807) is 0 Å². The molecule has 0 saturated heterocycles. The summed E-state index contributed by atoms with van der Waals surface area (Å²) in [6, 6.07) is 0. The Hall–Kier alpha value is -0.160. The molecule has 3 unspecified atom stereocenters. The van der Waals surface area contributed by atoms with E-state index in [0.29, 0.717) is 18.3 Å². The fourth-order valence-electron chi connectivity index (χ4n) is 6.08. The number of rotatable bonds is 7. The summed E-state index contributed by atoms with van der Waals surface area (Å²) in [7, 11) is 0. The lowest BCUT2D eigenvalue weighted by Gasteiger charge is -2.48. The second-order valence-corrected chi connectivity index (χ2v) is 9.55. The Morgan fingerprint density at radius 3 is 2.38 bits per heavy atom. The minimum Gasteiger partial charge on any atom is -0.396 e. The van der Waals surface area contributed by atoms with Crippen molar-refractivity contribution in [3.05, 3.63) is 0 Å². The zero-order valence-corrected chi connectivity index (χ0v) is 15.4. The van der Waals surface area contributed by atoms with E-state index >= 15 is 0 Å². The molecule has 3 rings (SSSR count). The molecular weight excluding hydrogens is 304 g/mol. The zero-order chi connectivity index (χ0) is 17.6. The van der Waals surface area contributed by atoms with Gasteiger partial charge >= 0.3 is 0 Å². The van der Waals surface area contributed by atoms with Crippen molar-refractivity contribution in [1.82, 2.24) is 0 Å². The molecule has 3 saturated carbocycles. The maximum atomic E-state index is 10.4. The van der Waals surface area contributed by atoms with Crippen molar-refractivity contribution in [3.8, 4) is 0 Å². The van der Waals surface area contributed by atoms with Crippen molar-refractivity contribution >= 4 is 0 Å². The number of aliphatic hydroxyl groups excluding tert-OH is 2. The molecule has 24 heavy (non-hydrogen) atoms.